The Morgan fingerprint density at radius 2 is 1.84 bits per heavy atom. The van der Waals surface area contributed by atoms with E-state index in [0.717, 1.165) is 28.2 Å². The third-order valence-corrected chi connectivity index (χ3v) is 5.52. The van der Waals surface area contributed by atoms with Crippen LogP contribution in [-0.2, 0) is 4.79 Å². The van der Waals surface area contributed by atoms with Crippen LogP contribution < -0.4 is 4.74 Å². The lowest BCUT2D eigenvalue weighted by Crippen LogP contribution is -2.24. The van der Waals surface area contributed by atoms with Gasteiger partial charge in [0.1, 0.15) is 22.9 Å². The van der Waals surface area contributed by atoms with Gasteiger partial charge in [-0.15, -0.1) is 0 Å². The average Bonchev–Trinajstić information content (AvgIpc) is 3.58. The van der Waals surface area contributed by atoms with E-state index in [1.54, 1.807) is 13.4 Å². The number of para-hydroxylation sites is 2. The van der Waals surface area contributed by atoms with E-state index in [4.69, 9.17) is 14.3 Å². The molecule has 0 spiro atoms. The maximum atomic E-state index is 12.5. The number of carbonyl (C=O) groups is 1. The van der Waals surface area contributed by atoms with Gasteiger partial charge in [-0.3, -0.25) is 4.79 Å². The van der Waals surface area contributed by atoms with Crippen LogP contribution in [0.2, 0.25) is 0 Å². The fraction of sp³-hybridized carbons (Fsp3) is 0.160. The van der Waals surface area contributed by atoms with Crippen LogP contribution in [0.5, 0.6) is 5.75 Å². The van der Waals surface area contributed by atoms with Gasteiger partial charge in [-0.2, -0.15) is 10.2 Å². The Balaban J connectivity index is 1.66. The number of aromatic nitrogens is 2. The highest BCUT2D eigenvalue weighted by atomic mass is 16.5. The topological polar surface area (TPSA) is 72.9 Å². The van der Waals surface area contributed by atoms with Gasteiger partial charge in [0.2, 0.25) is 5.91 Å². The van der Waals surface area contributed by atoms with Crippen molar-refractivity contribution in [3.8, 4) is 22.7 Å². The summed E-state index contributed by atoms with van der Waals surface area (Å²) >= 11 is 0. The zero-order chi connectivity index (χ0) is 22.1. The molecule has 4 aromatic rings. The number of furan rings is 1. The predicted molar refractivity (Wildman–Crippen MR) is 121 cm³/mol. The van der Waals surface area contributed by atoms with Crippen LogP contribution in [0.25, 0.3) is 16.9 Å². The zero-order valence-electron chi connectivity index (χ0n) is 17.8. The average molecular weight is 426 g/mol. The zero-order valence-corrected chi connectivity index (χ0v) is 17.8. The van der Waals surface area contributed by atoms with Gasteiger partial charge in [0, 0.05) is 30.7 Å². The van der Waals surface area contributed by atoms with Crippen LogP contribution in [0.3, 0.4) is 0 Å². The molecule has 1 aliphatic rings. The predicted octanol–water partition coefficient (Wildman–Crippen LogP) is 4.84. The molecule has 0 saturated heterocycles. The van der Waals surface area contributed by atoms with Gasteiger partial charge in [-0.25, -0.2) is 9.69 Å². The first-order chi connectivity index (χ1) is 15.7. The van der Waals surface area contributed by atoms with Crippen LogP contribution in [0.15, 0.2) is 88.7 Å². The van der Waals surface area contributed by atoms with Crippen molar-refractivity contribution in [1.82, 2.24) is 14.8 Å². The fourth-order valence-electron chi connectivity index (χ4n) is 4.03. The van der Waals surface area contributed by atoms with Crippen molar-refractivity contribution in [1.29, 1.82) is 0 Å². The second-order valence-electron chi connectivity index (χ2n) is 7.52. The minimum atomic E-state index is -0.315. The fourth-order valence-corrected chi connectivity index (χ4v) is 4.03. The molecular formula is C25H22N4O3. The summed E-state index contributed by atoms with van der Waals surface area (Å²) in [4.78, 5) is 12.5. The van der Waals surface area contributed by atoms with E-state index in [1.165, 1.54) is 11.9 Å². The van der Waals surface area contributed by atoms with Gasteiger partial charge < -0.3 is 9.15 Å². The summed E-state index contributed by atoms with van der Waals surface area (Å²) in [6.07, 6.45) is 4.10. The van der Waals surface area contributed by atoms with Gasteiger partial charge in [-0.05, 0) is 36.4 Å². The first-order valence-corrected chi connectivity index (χ1v) is 10.3. The number of hydrazone groups is 1. The molecule has 1 amide bonds. The van der Waals surface area contributed by atoms with Crippen LogP contribution in [-0.4, -0.2) is 33.5 Å². The highest BCUT2D eigenvalue weighted by Gasteiger charge is 2.36. The van der Waals surface area contributed by atoms with E-state index < -0.39 is 0 Å². The highest BCUT2D eigenvalue weighted by molar-refractivity contribution is 6.01. The third-order valence-electron chi connectivity index (χ3n) is 5.52. The van der Waals surface area contributed by atoms with Gasteiger partial charge in [0.25, 0.3) is 0 Å². The molecular weight excluding hydrogens is 404 g/mol. The van der Waals surface area contributed by atoms with Crippen molar-refractivity contribution in [2.45, 2.75) is 19.4 Å². The van der Waals surface area contributed by atoms with Gasteiger partial charge in [0.05, 0.1) is 25.1 Å². The molecule has 0 saturated carbocycles. The van der Waals surface area contributed by atoms with Gasteiger partial charge in [-0.1, -0.05) is 30.3 Å². The minimum Gasteiger partial charge on any atom is -0.496 e. The molecule has 0 fully saturated rings. The van der Waals surface area contributed by atoms with Crippen molar-refractivity contribution >= 4 is 11.6 Å². The summed E-state index contributed by atoms with van der Waals surface area (Å²) in [5.74, 6) is 1.23. The lowest BCUT2D eigenvalue weighted by atomic mass is 9.97. The second-order valence-corrected chi connectivity index (χ2v) is 7.52. The summed E-state index contributed by atoms with van der Waals surface area (Å²) in [5, 5.41) is 11.0. The molecule has 0 aliphatic carbocycles. The number of carbonyl (C=O) groups excluding carboxylic acids is 1. The maximum absolute atomic E-state index is 12.5. The van der Waals surface area contributed by atoms with Crippen LogP contribution in [0, 0.1) is 0 Å². The number of benzene rings is 2. The van der Waals surface area contributed by atoms with E-state index >= 15 is 0 Å². The van der Waals surface area contributed by atoms with Crippen LogP contribution >= 0.6 is 0 Å². The van der Waals surface area contributed by atoms with Crippen LogP contribution in [0.1, 0.15) is 30.7 Å². The molecule has 0 N–H and O–H groups in total. The molecule has 3 heterocycles. The molecule has 0 radical (unpaired) electrons. The molecule has 2 aromatic carbocycles. The summed E-state index contributed by atoms with van der Waals surface area (Å²) in [5.41, 5.74) is 4.15. The lowest BCUT2D eigenvalue weighted by molar-refractivity contribution is -0.130. The Labute approximate surface area is 185 Å². The number of rotatable bonds is 5. The molecule has 5 rings (SSSR count). The first-order valence-electron chi connectivity index (χ1n) is 10.3. The molecule has 1 unspecified atom stereocenters. The monoisotopic (exact) mass is 426 g/mol. The normalized spacial score (nSPS) is 15.6. The quantitative estimate of drug-likeness (QED) is 0.458. The Hall–Kier alpha value is -4.13. The molecule has 1 atom stereocenters. The summed E-state index contributed by atoms with van der Waals surface area (Å²) in [7, 11) is 1.64. The lowest BCUT2D eigenvalue weighted by Gasteiger charge is -2.20. The maximum Gasteiger partial charge on any atom is 0.240 e. The summed E-state index contributed by atoms with van der Waals surface area (Å²) < 4.78 is 13.0. The molecule has 32 heavy (non-hydrogen) atoms. The molecule has 7 heteroatoms. The number of hydrogen-bond donors (Lipinski definition) is 0. The number of amides is 1. The van der Waals surface area contributed by atoms with E-state index in [9.17, 15) is 4.79 Å². The van der Waals surface area contributed by atoms with Crippen molar-refractivity contribution in [2.75, 3.05) is 7.11 Å². The SMILES string of the molecule is COc1ccccc1-c1nn(-c2ccccc2)cc1C1CC(c2ccco2)=NN1C(C)=O. The summed E-state index contributed by atoms with van der Waals surface area (Å²) in [6, 6.07) is 21.0. The van der Waals surface area contributed by atoms with Crippen molar-refractivity contribution in [3.63, 3.8) is 0 Å². The molecule has 160 valence electrons. The molecule has 1 aliphatic heterocycles. The van der Waals surface area contributed by atoms with Crippen molar-refractivity contribution in [3.05, 3.63) is 90.5 Å². The van der Waals surface area contributed by atoms with Crippen LogP contribution in [0.4, 0.5) is 0 Å². The first kappa shape index (κ1) is 19.8. The second kappa shape index (κ2) is 8.19. The Morgan fingerprint density at radius 3 is 2.56 bits per heavy atom. The molecule has 7 nitrogen and oxygen atoms in total. The van der Waals surface area contributed by atoms with E-state index in [2.05, 4.69) is 5.10 Å². The van der Waals surface area contributed by atoms with Gasteiger partial charge in [0.15, 0.2) is 0 Å². The highest BCUT2D eigenvalue weighted by Crippen LogP contribution is 2.40. The van der Waals surface area contributed by atoms with Crippen molar-refractivity contribution in [2.24, 2.45) is 5.10 Å². The number of hydrogen-bond acceptors (Lipinski definition) is 5. The third kappa shape index (κ3) is 3.47. The van der Waals surface area contributed by atoms with E-state index in [-0.39, 0.29) is 11.9 Å². The Bertz CT molecular complexity index is 1280. The van der Waals surface area contributed by atoms with Crippen molar-refractivity contribution < 1.29 is 13.9 Å². The molecule has 2 aromatic heterocycles. The number of methoxy groups -OCH3 is 1. The number of nitrogens with zero attached hydrogens (tertiary/aromatic N) is 4. The smallest absolute Gasteiger partial charge is 0.240 e. The van der Waals surface area contributed by atoms with E-state index in [0.29, 0.717) is 17.9 Å². The minimum absolute atomic E-state index is 0.144. The van der Waals surface area contributed by atoms with Gasteiger partial charge >= 0.3 is 0 Å². The number of ether oxygens (including phenoxy) is 1. The standard InChI is InChI=1S/C25H22N4O3/c1-17(30)29-22(15-21(26-29)24-13-8-14-32-24)20-16-28(18-9-4-3-5-10-18)27-25(20)19-11-6-7-12-23(19)31-2/h3-14,16,22H,15H2,1-2H3. The Morgan fingerprint density at radius 1 is 1.06 bits per heavy atom. The Kier molecular flexibility index (Phi) is 5.07. The van der Waals surface area contributed by atoms with E-state index in [1.807, 2.05) is 77.6 Å². The molecule has 0 bridgehead atoms. The summed E-state index contributed by atoms with van der Waals surface area (Å²) in [6.45, 7) is 1.52. The largest absolute Gasteiger partial charge is 0.496 e.